The Morgan fingerprint density at radius 1 is 1.22 bits per heavy atom. The van der Waals surface area contributed by atoms with Crippen molar-refractivity contribution in [2.45, 2.75) is 32.7 Å². The summed E-state index contributed by atoms with van der Waals surface area (Å²) in [6.45, 7) is 7.64. The Morgan fingerprint density at radius 3 is 2.85 bits per heavy atom. The summed E-state index contributed by atoms with van der Waals surface area (Å²) < 4.78 is 10.4. The topological polar surface area (TPSA) is 58.1 Å². The minimum atomic E-state index is 0. The summed E-state index contributed by atoms with van der Waals surface area (Å²) in [5.74, 6) is 0.860. The number of aliphatic imine (C=N–C) groups is 1. The lowest BCUT2D eigenvalue weighted by atomic mass is 10.00. The molecule has 1 heterocycles. The highest BCUT2D eigenvalue weighted by molar-refractivity contribution is 14.0. The second kappa shape index (κ2) is 14.0. The first-order valence-electron chi connectivity index (χ1n) is 9.66. The summed E-state index contributed by atoms with van der Waals surface area (Å²) in [6.07, 6.45) is 3.34. The maximum atomic E-state index is 5.48. The molecule has 0 radical (unpaired) electrons. The van der Waals surface area contributed by atoms with Crippen molar-refractivity contribution in [2.24, 2.45) is 4.99 Å². The van der Waals surface area contributed by atoms with Gasteiger partial charge in [0.1, 0.15) is 0 Å². The normalized spacial score (nSPS) is 13.7. The summed E-state index contributed by atoms with van der Waals surface area (Å²) in [5.41, 5.74) is 4.07. The van der Waals surface area contributed by atoms with Crippen LogP contribution in [0.2, 0.25) is 0 Å². The van der Waals surface area contributed by atoms with E-state index in [-0.39, 0.29) is 24.0 Å². The fourth-order valence-electron chi connectivity index (χ4n) is 3.07. The predicted octanol–water partition coefficient (Wildman–Crippen LogP) is 2.80. The van der Waals surface area contributed by atoms with Gasteiger partial charge in [0.05, 0.1) is 19.8 Å². The van der Waals surface area contributed by atoms with Crippen molar-refractivity contribution in [3.05, 3.63) is 29.3 Å². The molecule has 2 N–H and O–H groups in total. The molecule has 1 aliphatic rings. The molecule has 0 aliphatic carbocycles. The number of guanidine groups is 1. The monoisotopic (exact) mass is 490 g/mol. The average Bonchev–Trinajstić information content (AvgIpc) is 2.65. The highest BCUT2D eigenvalue weighted by Gasteiger charge is 2.13. The Balaban J connectivity index is 0.00000364. The van der Waals surface area contributed by atoms with Gasteiger partial charge in [-0.3, -0.25) is 0 Å². The Bertz CT molecular complexity index is 569. The lowest BCUT2D eigenvalue weighted by molar-refractivity contribution is 0.0698. The smallest absolute Gasteiger partial charge is 0.191 e. The molecule has 1 aliphatic heterocycles. The predicted molar refractivity (Wildman–Crippen MR) is 124 cm³/mol. The molecular formula is C20H35IN4O2. The molecule has 0 bridgehead atoms. The van der Waals surface area contributed by atoms with Gasteiger partial charge in [0, 0.05) is 46.1 Å². The molecule has 1 aromatic carbocycles. The first-order chi connectivity index (χ1) is 12.7. The van der Waals surface area contributed by atoms with E-state index in [1.807, 2.05) is 0 Å². The summed E-state index contributed by atoms with van der Waals surface area (Å²) >= 11 is 0. The molecule has 0 saturated heterocycles. The van der Waals surface area contributed by atoms with Crippen molar-refractivity contribution >= 4 is 35.6 Å². The van der Waals surface area contributed by atoms with Gasteiger partial charge in [0.15, 0.2) is 5.96 Å². The number of anilines is 1. The van der Waals surface area contributed by atoms with Crippen LogP contribution in [0.1, 0.15) is 30.9 Å². The van der Waals surface area contributed by atoms with Crippen molar-refractivity contribution in [3.63, 3.8) is 0 Å². The quantitative estimate of drug-likeness (QED) is 0.229. The van der Waals surface area contributed by atoms with E-state index >= 15 is 0 Å². The van der Waals surface area contributed by atoms with Gasteiger partial charge >= 0.3 is 0 Å². The number of aryl methyl sites for hydroxylation is 1. The van der Waals surface area contributed by atoms with Crippen LogP contribution in [0.5, 0.6) is 0 Å². The van der Waals surface area contributed by atoms with Gasteiger partial charge in [0.2, 0.25) is 0 Å². The highest BCUT2D eigenvalue weighted by atomic mass is 127. The minimum absolute atomic E-state index is 0. The Morgan fingerprint density at radius 2 is 2.07 bits per heavy atom. The van der Waals surface area contributed by atoms with Crippen molar-refractivity contribution in [2.75, 3.05) is 58.5 Å². The van der Waals surface area contributed by atoms with Gasteiger partial charge in [-0.1, -0.05) is 12.1 Å². The Kier molecular flexibility index (Phi) is 12.4. The van der Waals surface area contributed by atoms with E-state index in [0.29, 0.717) is 19.8 Å². The van der Waals surface area contributed by atoms with E-state index in [9.17, 15) is 0 Å². The average molecular weight is 490 g/mol. The number of fused-ring (bicyclic) bond motifs is 1. The maximum Gasteiger partial charge on any atom is 0.191 e. The van der Waals surface area contributed by atoms with E-state index in [0.717, 1.165) is 38.6 Å². The van der Waals surface area contributed by atoms with Crippen LogP contribution in [-0.2, 0) is 22.4 Å². The summed E-state index contributed by atoms with van der Waals surface area (Å²) in [7, 11) is 3.85. The van der Waals surface area contributed by atoms with Gasteiger partial charge in [-0.2, -0.15) is 0 Å². The lowest BCUT2D eigenvalue weighted by Gasteiger charge is -2.27. The van der Waals surface area contributed by atoms with Crippen molar-refractivity contribution < 1.29 is 9.47 Å². The zero-order valence-electron chi connectivity index (χ0n) is 16.9. The third-order valence-electron chi connectivity index (χ3n) is 4.45. The number of hydrogen-bond acceptors (Lipinski definition) is 4. The second-order valence-electron chi connectivity index (χ2n) is 6.57. The van der Waals surface area contributed by atoms with Crippen LogP contribution in [0, 0.1) is 0 Å². The first kappa shape index (κ1) is 24.0. The zero-order chi connectivity index (χ0) is 18.6. The van der Waals surface area contributed by atoms with Crippen molar-refractivity contribution in [1.29, 1.82) is 0 Å². The molecule has 0 fully saturated rings. The molecule has 154 valence electrons. The minimum Gasteiger partial charge on any atom is -0.382 e. The number of ether oxygens (including phenoxy) is 2. The van der Waals surface area contributed by atoms with Crippen LogP contribution in [0.25, 0.3) is 0 Å². The number of hydrogen-bond donors (Lipinski definition) is 2. The zero-order valence-corrected chi connectivity index (χ0v) is 19.3. The Hall–Kier alpha value is -1.06. The van der Waals surface area contributed by atoms with Crippen molar-refractivity contribution in [1.82, 2.24) is 10.6 Å². The molecule has 27 heavy (non-hydrogen) atoms. The van der Waals surface area contributed by atoms with E-state index in [1.165, 1.54) is 29.7 Å². The van der Waals surface area contributed by atoms with Crippen LogP contribution in [0.4, 0.5) is 5.69 Å². The third-order valence-corrected chi connectivity index (χ3v) is 4.45. The highest BCUT2D eigenvalue weighted by Crippen LogP contribution is 2.26. The van der Waals surface area contributed by atoms with Crippen LogP contribution in [-0.4, -0.2) is 59.6 Å². The van der Waals surface area contributed by atoms with Crippen LogP contribution in [0.3, 0.4) is 0 Å². The molecule has 1 aromatic rings. The number of benzene rings is 1. The molecule has 0 amide bonds. The fourth-order valence-corrected chi connectivity index (χ4v) is 3.07. The van der Waals surface area contributed by atoms with Crippen molar-refractivity contribution in [3.8, 4) is 0 Å². The maximum absolute atomic E-state index is 5.48. The van der Waals surface area contributed by atoms with Gasteiger partial charge < -0.3 is 25.0 Å². The molecule has 6 nitrogen and oxygen atoms in total. The summed E-state index contributed by atoms with van der Waals surface area (Å²) in [6, 6.07) is 6.73. The van der Waals surface area contributed by atoms with Crippen LogP contribution >= 0.6 is 24.0 Å². The largest absolute Gasteiger partial charge is 0.382 e. The van der Waals surface area contributed by atoms with Crippen LogP contribution < -0.4 is 15.5 Å². The van der Waals surface area contributed by atoms with E-state index in [1.54, 1.807) is 7.11 Å². The van der Waals surface area contributed by atoms with E-state index < -0.39 is 0 Å². The molecule has 2 rings (SSSR count). The third kappa shape index (κ3) is 8.66. The lowest BCUT2D eigenvalue weighted by Crippen LogP contribution is -2.38. The summed E-state index contributed by atoms with van der Waals surface area (Å²) in [5, 5.41) is 6.67. The van der Waals surface area contributed by atoms with Crippen LogP contribution in [0.15, 0.2) is 23.2 Å². The first-order valence-corrected chi connectivity index (χ1v) is 9.66. The summed E-state index contributed by atoms with van der Waals surface area (Å²) in [4.78, 5) is 7.06. The second-order valence-corrected chi connectivity index (χ2v) is 6.57. The van der Waals surface area contributed by atoms with E-state index in [2.05, 4.69) is 47.7 Å². The molecule has 0 aromatic heterocycles. The number of nitrogens with one attached hydrogen (secondary N) is 2. The fraction of sp³-hybridized carbons (Fsp3) is 0.650. The van der Waals surface area contributed by atoms with Gasteiger partial charge in [-0.25, -0.2) is 4.99 Å². The number of methoxy groups -OCH3 is 1. The van der Waals surface area contributed by atoms with Gasteiger partial charge in [0.25, 0.3) is 0 Å². The molecule has 0 atom stereocenters. The molecule has 0 saturated carbocycles. The molecule has 0 spiro atoms. The number of nitrogens with zero attached hydrogens (tertiary/aromatic N) is 2. The SMILES string of the molecule is CCNC(=NCc1ccc2c(c1)CCCN2C)NCCCOCCOC.I. The van der Waals surface area contributed by atoms with Gasteiger partial charge in [-0.05, 0) is 43.4 Å². The molecule has 0 unspecified atom stereocenters. The van der Waals surface area contributed by atoms with E-state index in [4.69, 9.17) is 14.5 Å². The number of rotatable bonds is 10. The number of halogens is 1. The van der Waals surface area contributed by atoms with Gasteiger partial charge in [-0.15, -0.1) is 24.0 Å². The molecule has 7 heteroatoms. The Labute approximate surface area is 181 Å². The standard InChI is InChI=1S/C20H34N4O2.HI/c1-4-21-20(22-10-6-12-26-14-13-25-3)23-16-17-8-9-19-18(15-17)7-5-11-24(19)2;/h8-9,15H,4-7,10-14,16H2,1-3H3,(H2,21,22,23);1H. The molecular weight excluding hydrogens is 455 g/mol.